The minimum Gasteiger partial charge on any atom is -0.385 e. The second-order valence-electron chi connectivity index (χ2n) is 4.67. The predicted octanol–water partition coefficient (Wildman–Crippen LogP) is 2.44. The highest BCUT2D eigenvalue weighted by Crippen LogP contribution is 2.24. The Morgan fingerprint density at radius 3 is 3.05 bits per heavy atom. The first-order chi connectivity index (χ1) is 9.28. The van der Waals surface area contributed by atoms with Gasteiger partial charge in [-0.3, -0.25) is 4.79 Å². The summed E-state index contributed by atoms with van der Waals surface area (Å²) < 4.78 is 4.79. The van der Waals surface area contributed by atoms with Crippen LogP contribution < -0.4 is 10.6 Å². The Balaban J connectivity index is 1.85. The van der Waals surface area contributed by atoms with Gasteiger partial charge in [0.2, 0.25) is 5.91 Å². The summed E-state index contributed by atoms with van der Waals surface area (Å²) >= 11 is 2.02. The third kappa shape index (κ3) is 4.76. The fourth-order valence-corrected chi connectivity index (χ4v) is 3.33. The molecule has 0 spiro atoms. The highest BCUT2D eigenvalue weighted by molar-refractivity contribution is 7.99. The molecule has 1 saturated heterocycles. The second kappa shape index (κ2) is 7.40. The first kappa shape index (κ1) is 14.2. The van der Waals surface area contributed by atoms with Crippen LogP contribution in [0, 0.1) is 5.92 Å². The molecule has 1 amide bonds. The van der Waals surface area contributed by atoms with E-state index in [1.807, 2.05) is 36.0 Å². The molecule has 2 rings (SSSR count). The summed E-state index contributed by atoms with van der Waals surface area (Å²) in [5.74, 6) is 3.15. The molecule has 1 aliphatic rings. The van der Waals surface area contributed by atoms with E-state index in [-0.39, 0.29) is 12.5 Å². The van der Waals surface area contributed by atoms with Gasteiger partial charge in [-0.2, -0.15) is 11.8 Å². The third-order valence-corrected chi connectivity index (χ3v) is 4.27. The van der Waals surface area contributed by atoms with Crippen LogP contribution in [0.15, 0.2) is 24.3 Å². The maximum atomic E-state index is 11.4. The molecular weight excluding hydrogens is 260 g/mol. The molecule has 1 aliphatic heterocycles. The van der Waals surface area contributed by atoms with Gasteiger partial charge < -0.3 is 15.4 Å². The van der Waals surface area contributed by atoms with Gasteiger partial charge in [0, 0.05) is 25.0 Å². The molecule has 19 heavy (non-hydrogen) atoms. The van der Waals surface area contributed by atoms with Crippen LogP contribution in [0.1, 0.15) is 6.42 Å². The zero-order chi connectivity index (χ0) is 13.5. The summed E-state index contributed by atoms with van der Waals surface area (Å²) in [6, 6.07) is 7.79. The number of hydrogen-bond acceptors (Lipinski definition) is 4. The Kier molecular flexibility index (Phi) is 5.54. The monoisotopic (exact) mass is 280 g/mol. The molecule has 4 nitrogen and oxygen atoms in total. The van der Waals surface area contributed by atoms with Gasteiger partial charge in [0.25, 0.3) is 0 Å². The van der Waals surface area contributed by atoms with Gasteiger partial charge >= 0.3 is 0 Å². The number of ether oxygens (including phenoxy) is 1. The molecule has 1 heterocycles. The number of benzene rings is 1. The van der Waals surface area contributed by atoms with Gasteiger partial charge in [0.1, 0.15) is 6.61 Å². The molecule has 2 N–H and O–H groups in total. The molecule has 0 radical (unpaired) electrons. The van der Waals surface area contributed by atoms with E-state index in [0.717, 1.165) is 23.8 Å². The molecule has 1 atom stereocenters. The molecule has 0 bridgehead atoms. The van der Waals surface area contributed by atoms with Crippen molar-refractivity contribution in [2.24, 2.45) is 5.92 Å². The van der Waals surface area contributed by atoms with Crippen LogP contribution in [0.3, 0.4) is 0 Å². The lowest BCUT2D eigenvalue weighted by molar-refractivity contribution is -0.119. The number of carbonyl (C=O) groups is 1. The fourth-order valence-electron chi connectivity index (χ4n) is 2.04. The Bertz CT molecular complexity index is 420. The van der Waals surface area contributed by atoms with Crippen molar-refractivity contribution in [2.75, 3.05) is 42.4 Å². The molecule has 104 valence electrons. The number of methoxy groups -OCH3 is 1. The normalized spacial score (nSPS) is 18.3. The van der Waals surface area contributed by atoms with Crippen molar-refractivity contribution < 1.29 is 9.53 Å². The number of carbonyl (C=O) groups excluding carboxylic acids is 1. The maximum Gasteiger partial charge on any atom is 0.250 e. The van der Waals surface area contributed by atoms with Gasteiger partial charge in [0.05, 0.1) is 0 Å². The van der Waals surface area contributed by atoms with Crippen LogP contribution in [0.4, 0.5) is 11.4 Å². The van der Waals surface area contributed by atoms with Gasteiger partial charge in [-0.1, -0.05) is 6.07 Å². The Labute approximate surface area is 118 Å². The molecule has 1 fully saturated rings. The van der Waals surface area contributed by atoms with Crippen LogP contribution in [0.2, 0.25) is 0 Å². The van der Waals surface area contributed by atoms with E-state index in [1.54, 1.807) is 0 Å². The number of hydrogen-bond donors (Lipinski definition) is 2. The quantitative estimate of drug-likeness (QED) is 0.840. The molecule has 1 aromatic rings. The first-order valence-corrected chi connectivity index (χ1v) is 7.64. The number of thioether (sulfide) groups is 1. The summed E-state index contributed by atoms with van der Waals surface area (Å²) in [5, 5.41) is 6.24. The van der Waals surface area contributed by atoms with Crippen LogP contribution in [-0.4, -0.2) is 37.7 Å². The van der Waals surface area contributed by atoms with Crippen molar-refractivity contribution >= 4 is 29.0 Å². The number of rotatable bonds is 6. The van der Waals surface area contributed by atoms with E-state index >= 15 is 0 Å². The average Bonchev–Trinajstić information content (AvgIpc) is 2.90. The Hall–Kier alpha value is -1.20. The lowest BCUT2D eigenvalue weighted by atomic mass is 10.1. The summed E-state index contributed by atoms with van der Waals surface area (Å²) in [4.78, 5) is 11.4. The van der Waals surface area contributed by atoms with Gasteiger partial charge in [0.15, 0.2) is 0 Å². The Morgan fingerprint density at radius 1 is 1.47 bits per heavy atom. The molecule has 1 aromatic carbocycles. The lowest BCUT2D eigenvalue weighted by Gasteiger charge is -2.12. The largest absolute Gasteiger partial charge is 0.385 e. The second-order valence-corrected chi connectivity index (χ2v) is 5.82. The molecule has 0 aliphatic carbocycles. The summed E-state index contributed by atoms with van der Waals surface area (Å²) in [5.41, 5.74) is 1.85. The smallest absolute Gasteiger partial charge is 0.250 e. The Morgan fingerprint density at radius 2 is 2.32 bits per heavy atom. The number of anilines is 2. The van der Waals surface area contributed by atoms with Crippen LogP contribution in [0.5, 0.6) is 0 Å². The standard InChI is InChI=1S/C14H20N2O2S/c1-18-9-14(17)16-13-4-2-3-12(7-13)15-8-11-5-6-19-10-11/h2-4,7,11,15H,5-6,8-10H2,1H3,(H,16,17). The van der Waals surface area contributed by atoms with Gasteiger partial charge in [-0.25, -0.2) is 0 Å². The maximum absolute atomic E-state index is 11.4. The first-order valence-electron chi connectivity index (χ1n) is 6.48. The van der Waals surface area contributed by atoms with Gasteiger partial charge in [-0.05, 0) is 42.0 Å². The van der Waals surface area contributed by atoms with Crippen molar-refractivity contribution in [1.29, 1.82) is 0 Å². The minimum absolute atomic E-state index is 0.0803. The highest BCUT2D eigenvalue weighted by Gasteiger charge is 2.14. The van der Waals surface area contributed by atoms with Crippen LogP contribution in [-0.2, 0) is 9.53 Å². The summed E-state index contributed by atoms with van der Waals surface area (Å²) in [6.45, 7) is 1.08. The average molecular weight is 280 g/mol. The van der Waals surface area contributed by atoms with Gasteiger partial charge in [-0.15, -0.1) is 0 Å². The molecule has 0 aromatic heterocycles. The van der Waals surface area contributed by atoms with Crippen molar-refractivity contribution in [1.82, 2.24) is 0 Å². The van der Waals surface area contributed by atoms with E-state index < -0.39 is 0 Å². The molecule has 1 unspecified atom stereocenters. The fraction of sp³-hybridized carbons (Fsp3) is 0.500. The summed E-state index contributed by atoms with van der Waals surface area (Å²) in [6.07, 6.45) is 1.29. The lowest BCUT2D eigenvalue weighted by Crippen LogP contribution is -2.17. The summed E-state index contributed by atoms with van der Waals surface area (Å²) in [7, 11) is 1.51. The van der Waals surface area contributed by atoms with E-state index in [4.69, 9.17) is 4.74 Å². The minimum atomic E-state index is -0.133. The van der Waals surface area contributed by atoms with Crippen LogP contribution in [0.25, 0.3) is 0 Å². The third-order valence-electron chi connectivity index (χ3n) is 3.04. The molecule has 5 heteroatoms. The zero-order valence-electron chi connectivity index (χ0n) is 11.1. The topological polar surface area (TPSA) is 50.4 Å². The van der Waals surface area contributed by atoms with Crippen LogP contribution >= 0.6 is 11.8 Å². The predicted molar refractivity (Wildman–Crippen MR) is 80.9 cm³/mol. The van der Waals surface area contributed by atoms with Crippen molar-refractivity contribution in [3.05, 3.63) is 24.3 Å². The SMILES string of the molecule is COCC(=O)Nc1cccc(NCC2CCSC2)c1. The zero-order valence-corrected chi connectivity index (χ0v) is 12.0. The van der Waals surface area contributed by atoms with E-state index in [2.05, 4.69) is 10.6 Å². The van der Waals surface area contributed by atoms with Crippen molar-refractivity contribution in [2.45, 2.75) is 6.42 Å². The van der Waals surface area contributed by atoms with E-state index in [1.165, 1.54) is 25.0 Å². The molecular formula is C14H20N2O2S. The van der Waals surface area contributed by atoms with E-state index in [0.29, 0.717) is 0 Å². The number of amides is 1. The molecule has 0 saturated carbocycles. The van der Waals surface area contributed by atoms with E-state index in [9.17, 15) is 4.79 Å². The number of nitrogens with one attached hydrogen (secondary N) is 2. The van der Waals surface area contributed by atoms with Crippen molar-refractivity contribution in [3.63, 3.8) is 0 Å². The highest BCUT2D eigenvalue weighted by atomic mass is 32.2. The van der Waals surface area contributed by atoms with Crippen molar-refractivity contribution in [3.8, 4) is 0 Å².